The SMILES string of the molecule is CCOC(=O)c1oc2ccccc2c1CSc1nnc(-c2ccc(C)cc2)n1N. The molecule has 0 saturated carbocycles. The third-order valence-corrected chi connectivity index (χ3v) is 5.45. The van der Waals surface area contributed by atoms with Gasteiger partial charge in [-0.2, -0.15) is 0 Å². The van der Waals surface area contributed by atoms with Crippen LogP contribution < -0.4 is 5.84 Å². The molecule has 7 nitrogen and oxygen atoms in total. The predicted octanol–water partition coefficient (Wildman–Crippen LogP) is 4.18. The molecule has 8 heteroatoms. The highest BCUT2D eigenvalue weighted by Crippen LogP contribution is 2.32. The van der Waals surface area contributed by atoms with Crippen LogP contribution >= 0.6 is 11.8 Å². The second-order valence-corrected chi connectivity index (χ2v) is 7.40. The molecule has 4 rings (SSSR count). The van der Waals surface area contributed by atoms with Crippen molar-refractivity contribution in [1.82, 2.24) is 14.9 Å². The lowest BCUT2D eigenvalue weighted by atomic mass is 10.1. The maximum absolute atomic E-state index is 12.3. The van der Waals surface area contributed by atoms with E-state index < -0.39 is 5.97 Å². The highest BCUT2D eigenvalue weighted by molar-refractivity contribution is 7.98. The summed E-state index contributed by atoms with van der Waals surface area (Å²) >= 11 is 1.38. The van der Waals surface area contributed by atoms with Crippen molar-refractivity contribution >= 4 is 28.7 Å². The van der Waals surface area contributed by atoms with Gasteiger partial charge in [-0.05, 0) is 19.9 Å². The van der Waals surface area contributed by atoms with E-state index in [1.54, 1.807) is 6.92 Å². The lowest BCUT2D eigenvalue weighted by Crippen LogP contribution is -2.11. The van der Waals surface area contributed by atoms with Crippen LogP contribution in [0.25, 0.3) is 22.4 Å². The first-order valence-electron chi connectivity index (χ1n) is 9.16. The van der Waals surface area contributed by atoms with Gasteiger partial charge in [-0.15, -0.1) is 10.2 Å². The fourth-order valence-corrected chi connectivity index (χ4v) is 3.90. The second-order valence-electron chi connectivity index (χ2n) is 6.46. The Hall–Kier alpha value is -3.26. The zero-order chi connectivity index (χ0) is 20.4. The molecule has 0 aliphatic heterocycles. The van der Waals surface area contributed by atoms with Gasteiger partial charge in [0.05, 0.1) is 6.61 Å². The van der Waals surface area contributed by atoms with Crippen LogP contribution in [0.15, 0.2) is 58.1 Å². The number of benzene rings is 2. The van der Waals surface area contributed by atoms with Crippen LogP contribution in [0.5, 0.6) is 0 Å². The summed E-state index contributed by atoms with van der Waals surface area (Å²) in [5.41, 5.74) is 3.44. The van der Waals surface area contributed by atoms with Crippen molar-refractivity contribution in [3.63, 3.8) is 0 Å². The van der Waals surface area contributed by atoms with Gasteiger partial charge in [-0.25, -0.2) is 9.47 Å². The zero-order valence-electron chi connectivity index (χ0n) is 16.1. The van der Waals surface area contributed by atoms with Gasteiger partial charge in [0.25, 0.3) is 0 Å². The van der Waals surface area contributed by atoms with Gasteiger partial charge in [-0.3, -0.25) is 0 Å². The quantitative estimate of drug-likeness (QED) is 0.290. The van der Waals surface area contributed by atoms with Crippen molar-refractivity contribution < 1.29 is 13.9 Å². The molecule has 2 aromatic carbocycles. The number of rotatable bonds is 6. The molecule has 2 aromatic heterocycles. The van der Waals surface area contributed by atoms with Crippen LogP contribution in [-0.2, 0) is 10.5 Å². The van der Waals surface area contributed by atoms with E-state index >= 15 is 0 Å². The first kappa shape index (κ1) is 19.1. The van der Waals surface area contributed by atoms with Crippen molar-refractivity contribution in [3.05, 3.63) is 65.4 Å². The molecule has 0 aliphatic rings. The van der Waals surface area contributed by atoms with Gasteiger partial charge in [-0.1, -0.05) is 59.8 Å². The van der Waals surface area contributed by atoms with Crippen molar-refractivity contribution in [3.8, 4) is 11.4 Å². The summed E-state index contributed by atoms with van der Waals surface area (Å²) < 4.78 is 12.4. The number of furan rings is 1. The average molecular weight is 408 g/mol. The highest BCUT2D eigenvalue weighted by Gasteiger charge is 2.22. The van der Waals surface area contributed by atoms with Gasteiger partial charge in [0.15, 0.2) is 5.82 Å². The number of hydrogen-bond acceptors (Lipinski definition) is 7. The van der Waals surface area contributed by atoms with E-state index in [1.165, 1.54) is 16.4 Å². The van der Waals surface area contributed by atoms with Gasteiger partial charge in [0.2, 0.25) is 10.9 Å². The summed E-state index contributed by atoms with van der Waals surface area (Å²) in [4.78, 5) is 12.3. The van der Waals surface area contributed by atoms with Crippen LogP contribution in [0.3, 0.4) is 0 Å². The van der Waals surface area contributed by atoms with E-state index in [0.717, 1.165) is 22.1 Å². The molecule has 148 valence electrons. The third kappa shape index (κ3) is 3.71. The molecular formula is C21H20N4O3S. The summed E-state index contributed by atoms with van der Waals surface area (Å²) in [5, 5.41) is 9.83. The van der Waals surface area contributed by atoms with Crippen molar-refractivity contribution in [1.29, 1.82) is 0 Å². The third-order valence-electron chi connectivity index (χ3n) is 4.48. The van der Waals surface area contributed by atoms with E-state index in [1.807, 2.05) is 55.5 Å². The van der Waals surface area contributed by atoms with Gasteiger partial charge in [0.1, 0.15) is 5.58 Å². The van der Waals surface area contributed by atoms with Crippen LogP contribution in [0.1, 0.15) is 28.6 Å². The standard InChI is InChI=1S/C21H20N4O3S/c1-3-27-20(26)18-16(15-6-4-5-7-17(15)28-18)12-29-21-24-23-19(25(21)22)14-10-8-13(2)9-11-14/h4-11H,3,12,22H2,1-2H3. The van der Waals surface area contributed by atoms with Gasteiger partial charge >= 0.3 is 5.97 Å². The summed E-state index contributed by atoms with van der Waals surface area (Å²) in [7, 11) is 0. The number of nitrogen functional groups attached to an aromatic ring is 1. The lowest BCUT2D eigenvalue weighted by Gasteiger charge is -2.05. The van der Waals surface area contributed by atoms with Crippen molar-refractivity contribution in [2.75, 3.05) is 12.4 Å². The summed E-state index contributed by atoms with van der Waals surface area (Å²) in [5.74, 6) is 6.98. The number of carbonyl (C=O) groups is 1. The van der Waals surface area contributed by atoms with E-state index in [-0.39, 0.29) is 12.4 Å². The number of para-hydroxylation sites is 1. The van der Waals surface area contributed by atoms with Crippen LogP contribution in [-0.4, -0.2) is 27.4 Å². The maximum atomic E-state index is 12.3. The average Bonchev–Trinajstić information content (AvgIpc) is 3.28. The first-order chi connectivity index (χ1) is 14.1. The molecule has 0 bridgehead atoms. The Morgan fingerprint density at radius 1 is 1.17 bits per heavy atom. The van der Waals surface area contributed by atoms with Crippen LogP contribution in [0, 0.1) is 6.92 Å². The number of thioether (sulfide) groups is 1. The molecule has 0 radical (unpaired) electrons. The molecule has 2 N–H and O–H groups in total. The zero-order valence-corrected chi connectivity index (χ0v) is 16.9. The Bertz CT molecular complexity index is 1160. The van der Waals surface area contributed by atoms with E-state index in [0.29, 0.717) is 22.3 Å². The number of nitrogens with two attached hydrogens (primary N) is 1. The Labute approximate surface area is 171 Å². The molecule has 0 aliphatic carbocycles. The molecule has 0 saturated heterocycles. The minimum Gasteiger partial charge on any atom is -0.460 e. The topological polar surface area (TPSA) is 96.2 Å². The molecule has 0 spiro atoms. The lowest BCUT2D eigenvalue weighted by molar-refractivity contribution is 0.0491. The Morgan fingerprint density at radius 2 is 1.93 bits per heavy atom. The molecule has 0 unspecified atom stereocenters. The molecule has 4 aromatic rings. The van der Waals surface area contributed by atoms with Crippen LogP contribution in [0.2, 0.25) is 0 Å². The smallest absolute Gasteiger partial charge is 0.374 e. The molecule has 29 heavy (non-hydrogen) atoms. The summed E-state index contributed by atoms with van der Waals surface area (Å²) in [6.45, 7) is 4.06. The van der Waals surface area contributed by atoms with E-state index in [4.69, 9.17) is 15.0 Å². The van der Waals surface area contributed by atoms with Crippen molar-refractivity contribution in [2.24, 2.45) is 0 Å². The Kier molecular flexibility index (Phi) is 5.26. The fourth-order valence-electron chi connectivity index (χ4n) is 3.02. The number of aromatic nitrogens is 3. The maximum Gasteiger partial charge on any atom is 0.374 e. The molecule has 2 heterocycles. The number of carbonyl (C=O) groups excluding carboxylic acids is 1. The Balaban J connectivity index is 1.63. The monoisotopic (exact) mass is 408 g/mol. The first-order valence-corrected chi connectivity index (χ1v) is 10.1. The number of esters is 1. The van der Waals surface area contributed by atoms with E-state index in [9.17, 15) is 4.79 Å². The predicted molar refractivity (Wildman–Crippen MR) is 112 cm³/mol. The number of fused-ring (bicyclic) bond motifs is 1. The largest absolute Gasteiger partial charge is 0.460 e. The Morgan fingerprint density at radius 3 is 2.69 bits per heavy atom. The number of aryl methyl sites for hydroxylation is 1. The van der Waals surface area contributed by atoms with E-state index in [2.05, 4.69) is 10.2 Å². The fraction of sp³-hybridized carbons (Fsp3) is 0.190. The molecule has 0 amide bonds. The van der Waals surface area contributed by atoms with Gasteiger partial charge < -0.3 is 15.0 Å². The summed E-state index contributed by atoms with van der Waals surface area (Å²) in [6.07, 6.45) is 0. The van der Waals surface area contributed by atoms with Crippen LogP contribution in [0.4, 0.5) is 0 Å². The molecule has 0 atom stereocenters. The molecular weight excluding hydrogens is 388 g/mol. The summed E-state index contributed by atoms with van der Waals surface area (Å²) in [6, 6.07) is 15.4. The van der Waals surface area contributed by atoms with Crippen molar-refractivity contribution in [2.45, 2.75) is 24.8 Å². The minimum absolute atomic E-state index is 0.211. The highest BCUT2D eigenvalue weighted by atomic mass is 32.2. The number of nitrogens with zero attached hydrogens (tertiary/aromatic N) is 3. The number of ether oxygens (including phenoxy) is 1. The van der Waals surface area contributed by atoms with Gasteiger partial charge in [0, 0.05) is 22.3 Å². The second kappa shape index (κ2) is 8.00. The number of hydrogen-bond donors (Lipinski definition) is 1. The minimum atomic E-state index is -0.478. The molecule has 0 fully saturated rings. The normalized spacial score (nSPS) is 11.1.